The summed E-state index contributed by atoms with van der Waals surface area (Å²) in [6.45, 7) is 4.74. The van der Waals surface area contributed by atoms with Gasteiger partial charge in [0, 0.05) is 23.8 Å². The largest absolute Gasteiger partial charge is 0.478 e. The molecule has 7 heteroatoms. The van der Waals surface area contributed by atoms with Crippen LogP contribution in [0.2, 0.25) is 0 Å². The summed E-state index contributed by atoms with van der Waals surface area (Å²) in [6.07, 6.45) is 0.115. The number of nitrogens with one attached hydrogen (secondary N) is 1. The summed E-state index contributed by atoms with van der Waals surface area (Å²) in [7, 11) is 1.65. The number of carbonyl (C=O) groups is 2. The van der Waals surface area contributed by atoms with E-state index < -0.39 is 5.97 Å². The van der Waals surface area contributed by atoms with Crippen LogP contribution in [0, 0.1) is 0 Å². The second kappa shape index (κ2) is 7.99. The third-order valence-electron chi connectivity index (χ3n) is 2.62. The highest BCUT2D eigenvalue weighted by Gasteiger charge is 2.11. The summed E-state index contributed by atoms with van der Waals surface area (Å²) in [5.74, 6) is -1.05. The van der Waals surface area contributed by atoms with Gasteiger partial charge in [-0.05, 0) is 32.0 Å². The quantitative estimate of drug-likeness (QED) is 0.818. The molecule has 0 heterocycles. The number of urea groups is 1. The third-order valence-corrected chi connectivity index (χ3v) is 3.08. The van der Waals surface area contributed by atoms with Crippen molar-refractivity contribution < 1.29 is 19.4 Å². The molecule has 0 aliphatic rings. The lowest BCUT2D eigenvalue weighted by molar-refractivity contribution is 0.0690. The molecule has 0 radical (unpaired) electrons. The second-order valence-electron chi connectivity index (χ2n) is 4.80. The molecule has 0 fully saturated rings. The Labute approximate surface area is 132 Å². The predicted molar refractivity (Wildman–Crippen MR) is 83.8 cm³/mol. The molecule has 0 aliphatic heterocycles. The van der Waals surface area contributed by atoms with E-state index in [2.05, 4.69) is 21.2 Å². The number of aromatic carboxylic acids is 1. The Morgan fingerprint density at radius 2 is 2.05 bits per heavy atom. The lowest BCUT2D eigenvalue weighted by Crippen LogP contribution is -2.34. The average Bonchev–Trinajstić information content (AvgIpc) is 2.37. The lowest BCUT2D eigenvalue weighted by Gasteiger charge is -2.19. The van der Waals surface area contributed by atoms with Gasteiger partial charge in [0.05, 0.1) is 18.3 Å². The number of carboxylic acids is 1. The maximum Gasteiger partial charge on any atom is 0.335 e. The molecule has 0 unspecified atom stereocenters. The Kier molecular flexibility index (Phi) is 6.64. The monoisotopic (exact) mass is 358 g/mol. The Morgan fingerprint density at radius 1 is 1.38 bits per heavy atom. The summed E-state index contributed by atoms with van der Waals surface area (Å²) < 4.78 is 5.96. The smallest absolute Gasteiger partial charge is 0.335 e. The number of rotatable bonds is 6. The SMILES string of the molecule is CC(C)OCCN(C)C(=O)Nc1cc(Br)cc(C(=O)O)c1. The van der Waals surface area contributed by atoms with Gasteiger partial charge in [0.1, 0.15) is 0 Å². The number of benzene rings is 1. The van der Waals surface area contributed by atoms with Gasteiger partial charge in [0.2, 0.25) is 0 Å². The van der Waals surface area contributed by atoms with Crippen molar-refractivity contribution >= 4 is 33.6 Å². The van der Waals surface area contributed by atoms with Crippen LogP contribution in [-0.2, 0) is 4.74 Å². The van der Waals surface area contributed by atoms with Crippen LogP contribution in [0.4, 0.5) is 10.5 Å². The van der Waals surface area contributed by atoms with Crippen molar-refractivity contribution in [1.82, 2.24) is 4.90 Å². The van der Waals surface area contributed by atoms with Crippen LogP contribution >= 0.6 is 15.9 Å². The van der Waals surface area contributed by atoms with Crippen LogP contribution in [-0.4, -0.2) is 48.3 Å². The second-order valence-corrected chi connectivity index (χ2v) is 5.72. The summed E-state index contributed by atoms with van der Waals surface area (Å²) in [4.78, 5) is 24.4. The number of ether oxygens (including phenoxy) is 1. The first-order valence-corrected chi connectivity index (χ1v) is 7.26. The fourth-order valence-electron chi connectivity index (χ4n) is 1.53. The van der Waals surface area contributed by atoms with Crippen molar-refractivity contribution in [2.24, 2.45) is 0 Å². The number of halogens is 1. The van der Waals surface area contributed by atoms with Crippen LogP contribution < -0.4 is 5.32 Å². The van der Waals surface area contributed by atoms with Crippen molar-refractivity contribution in [1.29, 1.82) is 0 Å². The number of amides is 2. The minimum absolute atomic E-state index is 0.102. The average molecular weight is 359 g/mol. The fraction of sp³-hybridized carbons (Fsp3) is 0.429. The van der Waals surface area contributed by atoms with Gasteiger partial charge in [0.15, 0.2) is 0 Å². The number of carboxylic acid groups (broad SMARTS) is 1. The number of likely N-dealkylation sites (N-methyl/N-ethyl adjacent to an activating group) is 1. The summed E-state index contributed by atoms with van der Waals surface area (Å²) in [5.41, 5.74) is 0.522. The van der Waals surface area contributed by atoms with E-state index in [1.54, 1.807) is 13.1 Å². The van der Waals surface area contributed by atoms with E-state index in [-0.39, 0.29) is 17.7 Å². The molecule has 1 aromatic rings. The van der Waals surface area contributed by atoms with E-state index in [9.17, 15) is 9.59 Å². The van der Waals surface area contributed by atoms with Crippen molar-refractivity contribution in [2.75, 3.05) is 25.5 Å². The van der Waals surface area contributed by atoms with Crippen LogP contribution in [0.1, 0.15) is 24.2 Å². The minimum atomic E-state index is -1.05. The Balaban J connectivity index is 2.63. The highest BCUT2D eigenvalue weighted by Crippen LogP contribution is 2.20. The maximum atomic E-state index is 12.0. The normalized spacial score (nSPS) is 10.5. The number of hydrogen-bond donors (Lipinski definition) is 2. The summed E-state index contributed by atoms with van der Waals surface area (Å²) in [6, 6.07) is 4.20. The Bertz CT molecular complexity index is 520. The van der Waals surface area contributed by atoms with Gasteiger partial charge in [-0.15, -0.1) is 0 Å². The molecule has 0 bridgehead atoms. The lowest BCUT2D eigenvalue weighted by atomic mass is 10.2. The molecule has 0 saturated heterocycles. The van der Waals surface area contributed by atoms with Gasteiger partial charge in [-0.25, -0.2) is 9.59 Å². The van der Waals surface area contributed by atoms with E-state index in [0.29, 0.717) is 23.3 Å². The van der Waals surface area contributed by atoms with Gasteiger partial charge in [-0.1, -0.05) is 15.9 Å². The first-order chi connectivity index (χ1) is 9.79. The van der Waals surface area contributed by atoms with Crippen LogP contribution in [0.15, 0.2) is 22.7 Å². The molecule has 0 saturated carbocycles. The van der Waals surface area contributed by atoms with E-state index >= 15 is 0 Å². The van der Waals surface area contributed by atoms with Crippen molar-refractivity contribution in [3.05, 3.63) is 28.2 Å². The zero-order valence-electron chi connectivity index (χ0n) is 12.2. The topological polar surface area (TPSA) is 78.9 Å². The molecule has 1 rings (SSSR count). The van der Waals surface area contributed by atoms with Gasteiger partial charge >= 0.3 is 12.0 Å². The molecule has 116 valence electrons. The van der Waals surface area contributed by atoms with E-state index in [1.165, 1.54) is 17.0 Å². The highest BCUT2D eigenvalue weighted by atomic mass is 79.9. The number of anilines is 1. The predicted octanol–water partition coefficient (Wildman–Crippen LogP) is 3.04. The molecule has 0 aromatic heterocycles. The standard InChI is InChI=1S/C14H19BrN2O4/c1-9(2)21-5-4-17(3)14(20)16-12-7-10(13(18)19)6-11(15)8-12/h6-9H,4-5H2,1-3H3,(H,16,20)(H,18,19). The van der Waals surface area contributed by atoms with Gasteiger partial charge in [-0.3, -0.25) is 0 Å². The molecule has 2 amide bonds. The number of carbonyl (C=O) groups excluding carboxylic acids is 1. The minimum Gasteiger partial charge on any atom is -0.478 e. The van der Waals surface area contributed by atoms with E-state index in [4.69, 9.17) is 9.84 Å². The molecule has 6 nitrogen and oxygen atoms in total. The maximum absolute atomic E-state index is 12.0. The molecule has 0 atom stereocenters. The number of hydrogen-bond acceptors (Lipinski definition) is 3. The number of nitrogens with zero attached hydrogens (tertiary/aromatic N) is 1. The molecular formula is C14H19BrN2O4. The zero-order chi connectivity index (χ0) is 16.0. The molecule has 0 spiro atoms. The van der Waals surface area contributed by atoms with Gasteiger partial charge in [0.25, 0.3) is 0 Å². The molecular weight excluding hydrogens is 340 g/mol. The van der Waals surface area contributed by atoms with E-state index in [0.717, 1.165) is 0 Å². The van der Waals surface area contributed by atoms with Crippen molar-refractivity contribution in [3.63, 3.8) is 0 Å². The fourth-order valence-corrected chi connectivity index (χ4v) is 2.02. The van der Waals surface area contributed by atoms with Crippen LogP contribution in [0.3, 0.4) is 0 Å². The van der Waals surface area contributed by atoms with E-state index in [1.807, 2.05) is 13.8 Å². The van der Waals surface area contributed by atoms with Gasteiger partial charge < -0.3 is 20.1 Å². The Morgan fingerprint density at radius 3 is 2.62 bits per heavy atom. The van der Waals surface area contributed by atoms with Crippen LogP contribution in [0.25, 0.3) is 0 Å². The summed E-state index contributed by atoms with van der Waals surface area (Å²) in [5, 5.41) is 11.6. The van der Waals surface area contributed by atoms with Crippen molar-refractivity contribution in [2.45, 2.75) is 20.0 Å². The molecule has 21 heavy (non-hydrogen) atoms. The van der Waals surface area contributed by atoms with Crippen molar-refractivity contribution in [3.8, 4) is 0 Å². The molecule has 0 aliphatic carbocycles. The molecule has 1 aromatic carbocycles. The Hall–Kier alpha value is -1.60. The zero-order valence-corrected chi connectivity index (χ0v) is 13.8. The molecule has 2 N–H and O–H groups in total. The van der Waals surface area contributed by atoms with Gasteiger partial charge in [-0.2, -0.15) is 0 Å². The first kappa shape index (κ1) is 17.5. The first-order valence-electron chi connectivity index (χ1n) is 6.47. The third kappa shape index (κ3) is 6.14. The van der Waals surface area contributed by atoms with Crippen LogP contribution in [0.5, 0.6) is 0 Å². The summed E-state index contributed by atoms with van der Waals surface area (Å²) >= 11 is 3.22. The highest BCUT2D eigenvalue weighted by molar-refractivity contribution is 9.10.